The highest BCUT2D eigenvalue weighted by atomic mass is 79.9. The first-order chi connectivity index (χ1) is 9.56. The van der Waals surface area contributed by atoms with Gasteiger partial charge in [-0.25, -0.2) is 4.79 Å². The molecule has 2 rings (SSSR count). The van der Waals surface area contributed by atoms with E-state index in [1.165, 1.54) is 21.8 Å². The Morgan fingerprint density at radius 3 is 2.90 bits per heavy atom. The summed E-state index contributed by atoms with van der Waals surface area (Å²) < 4.78 is 6.65. The van der Waals surface area contributed by atoms with Gasteiger partial charge in [-0.1, -0.05) is 15.9 Å². The van der Waals surface area contributed by atoms with E-state index in [2.05, 4.69) is 20.9 Å². The number of aliphatic hydroxyl groups is 2. The molecule has 1 aliphatic rings. The van der Waals surface area contributed by atoms with Crippen molar-refractivity contribution in [1.82, 2.24) is 9.55 Å². The molecule has 0 unspecified atom stereocenters. The van der Waals surface area contributed by atoms with Gasteiger partial charge in [0.2, 0.25) is 0 Å². The molecule has 0 spiro atoms. The number of aromatic amines is 1. The molecule has 0 aliphatic carbocycles. The van der Waals surface area contributed by atoms with Crippen LogP contribution in [0.2, 0.25) is 0 Å². The number of nitrogens with zero attached hydrogens (tertiary/aromatic N) is 1. The van der Waals surface area contributed by atoms with Gasteiger partial charge in [0.1, 0.15) is 6.10 Å². The Kier molecular flexibility index (Phi) is 4.92. The lowest BCUT2D eigenvalue weighted by atomic mass is 10.0. The van der Waals surface area contributed by atoms with Gasteiger partial charge in [-0.05, 0) is 17.5 Å². The van der Waals surface area contributed by atoms with Crippen molar-refractivity contribution >= 4 is 22.0 Å². The maximum absolute atomic E-state index is 11.8. The molecular formula is C12H15BrN2O5. The second-order valence-electron chi connectivity index (χ2n) is 4.55. The van der Waals surface area contributed by atoms with Crippen LogP contribution in [-0.4, -0.2) is 45.2 Å². The van der Waals surface area contributed by atoms with E-state index >= 15 is 0 Å². The summed E-state index contributed by atoms with van der Waals surface area (Å²) in [5.74, 6) is 0. The van der Waals surface area contributed by atoms with E-state index in [0.29, 0.717) is 5.56 Å². The van der Waals surface area contributed by atoms with Gasteiger partial charge in [0.15, 0.2) is 0 Å². The molecule has 0 amide bonds. The van der Waals surface area contributed by atoms with E-state index in [1.54, 1.807) is 0 Å². The molecule has 0 saturated carbocycles. The summed E-state index contributed by atoms with van der Waals surface area (Å²) in [5.41, 5.74) is -0.710. The van der Waals surface area contributed by atoms with Crippen molar-refractivity contribution in [3.8, 4) is 0 Å². The van der Waals surface area contributed by atoms with Crippen molar-refractivity contribution in [1.29, 1.82) is 0 Å². The number of aromatic nitrogens is 2. The van der Waals surface area contributed by atoms with Crippen LogP contribution in [0.1, 0.15) is 18.0 Å². The van der Waals surface area contributed by atoms with Crippen LogP contribution in [0.5, 0.6) is 0 Å². The van der Waals surface area contributed by atoms with E-state index < -0.39 is 23.5 Å². The number of hydrogen-bond donors (Lipinski definition) is 3. The number of hydrogen-bond acceptors (Lipinski definition) is 5. The summed E-state index contributed by atoms with van der Waals surface area (Å²) >= 11 is 3.07. The molecular weight excluding hydrogens is 332 g/mol. The van der Waals surface area contributed by atoms with Gasteiger partial charge in [0.05, 0.1) is 30.9 Å². The number of aliphatic hydroxyl groups excluding tert-OH is 2. The fourth-order valence-electron chi connectivity index (χ4n) is 2.17. The summed E-state index contributed by atoms with van der Waals surface area (Å²) in [6, 6.07) is -0.389. The van der Waals surface area contributed by atoms with Crippen molar-refractivity contribution in [2.24, 2.45) is 0 Å². The number of nitrogens with one attached hydrogen (secondary N) is 1. The lowest BCUT2D eigenvalue weighted by Gasteiger charge is -2.33. The highest BCUT2D eigenvalue weighted by Gasteiger charge is 2.31. The van der Waals surface area contributed by atoms with Crippen LogP contribution in [0, 0.1) is 0 Å². The molecule has 110 valence electrons. The molecule has 3 N–H and O–H groups in total. The third kappa shape index (κ3) is 3.09. The number of H-pyrrole nitrogens is 1. The standard InChI is InChI=1S/C12H15BrN2O5/c13-2-1-7-4-15(12(19)14-11(7)18)8-3-9(17)10(5-16)20-6-8/h1-2,4,8-10,16-17H,3,5-6H2,(H,14,18,19)/t8-,9-,10+/m0/s1. The quantitative estimate of drug-likeness (QED) is 0.689. The van der Waals surface area contributed by atoms with Gasteiger partial charge >= 0.3 is 5.69 Å². The fourth-order valence-corrected chi connectivity index (χ4v) is 2.46. The van der Waals surface area contributed by atoms with Crippen molar-refractivity contribution in [2.75, 3.05) is 13.2 Å². The highest BCUT2D eigenvalue weighted by Crippen LogP contribution is 2.22. The van der Waals surface area contributed by atoms with Gasteiger partial charge in [-0.2, -0.15) is 0 Å². The summed E-state index contributed by atoms with van der Waals surface area (Å²) in [7, 11) is 0. The van der Waals surface area contributed by atoms with Crippen molar-refractivity contribution in [2.45, 2.75) is 24.7 Å². The molecule has 2 heterocycles. The highest BCUT2D eigenvalue weighted by molar-refractivity contribution is 9.11. The topological polar surface area (TPSA) is 105 Å². The van der Waals surface area contributed by atoms with Crippen LogP contribution in [0.3, 0.4) is 0 Å². The van der Waals surface area contributed by atoms with Crippen molar-refractivity contribution < 1.29 is 14.9 Å². The number of halogens is 1. The number of ether oxygens (including phenoxy) is 1. The SMILES string of the molecule is O=c1[nH]c(=O)n([C@@H]2CO[C@H](CO)[C@@H](O)C2)cc1C=CBr. The Labute approximate surface area is 122 Å². The molecule has 3 atom stereocenters. The summed E-state index contributed by atoms with van der Waals surface area (Å²) in [6.07, 6.45) is 1.73. The van der Waals surface area contributed by atoms with Gasteiger partial charge in [-0.15, -0.1) is 0 Å². The molecule has 1 fully saturated rings. The zero-order valence-electron chi connectivity index (χ0n) is 10.5. The second kappa shape index (κ2) is 6.49. The third-order valence-electron chi connectivity index (χ3n) is 3.26. The van der Waals surface area contributed by atoms with E-state index in [4.69, 9.17) is 9.84 Å². The number of rotatable bonds is 3. The van der Waals surface area contributed by atoms with Gasteiger partial charge in [-0.3, -0.25) is 14.3 Å². The van der Waals surface area contributed by atoms with Crippen LogP contribution in [-0.2, 0) is 4.74 Å². The van der Waals surface area contributed by atoms with E-state index in [1.807, 2.05) is 0 Å². The van der Waals surface area contributed by atoms with Gasteiger partial charge in [0, 0.05) is 6.20 Å². The maximum atomic E-state index is 11.8. The molecule has 1 saturated heterocycles. The van der Waals surface area contributed by atoms with Crippen molar-refractivity contribution in [3.05, 3.63) is 37.6 Å². The Bertz CT molecular complexity index is 609. The third-order valence-corrected chi connectivity index (χ3v) is 3.52. The molecule has 1 aromatic heterocycles. The Morgan fingerprint density at radius 2 is 2.30 bits per heavy atom. The van der Waals surface area contributed by atoms with Gasteiger partial charge in [0.25, 0.3) is 5.56 Å². The largest absolute Gasteiger partial charge is 0.394 e. The van der Waals surface area contributed by atoms with Crippen LogP contribution in [0.15, 0.2) is 20.8 Å². The summed E-state index contributed by atoms with van der Waals surface area (Å²) in [4.78, 5) is 27.1. The average Bonchev–Trinajstić information content (AvgIpc) is 2.42. The van der Waals surface area contributed by atoms with E-state index in [-0.39, 0.29) is 25.7 Å². The van der Waals surface area contributed by atoms with Crippen LogP contribution in [0.4, 0.5) is 0 Å². The Hall–Kier alpha value is -1.22. The molecule has 7 nitrogen and oxygen atoms in total. The molecule has 0 bridgehead atoms. The first-order valence-corrected chi connectivity index (χ1v) is 7.01. The van der Waals surface area contributed by atoms with E-state index in [0.717, 1.165) is 0 Å². The predicted octanol–water partition coefficient (Wildman–Crippen LogP) is -0.415. The molecule has 1 aliphatic heterocycles. The molecule has 0 radical (unpaired) electrons. The van der Waals surface area contributed by atoms with Crippen LogP contribution >= 0.6 is 15.9 Å². The molecule has 1 aromatic rings. The Morgan fingerprint density at radius 1 is 1.55 bits per heavy atom. The normalized spacial score (nSPS) is 27.1. The molecule has 8 heteroatoms. The fraction of sp³-hybridized carbons (Fsp3) is 0.500. The maximum Gasteiger partial charge on any atom is 0.328 e. The first-order valence-electron chi connectivity index (χ1n) is 6.09. The monoisotopic (exact) mass is 346 g/mol. The van der Waals surface area contributed by atoms with Gasteiger partial charge < -0.3 is 14.9 Å². The Balaban J connectivity index is 2.32. The van der Waals surface area contributed by atoms with Crippen molar-refractivity contribution in [3.63, 3.8) is 0 Å². The lowest BCUT2D eigenvalue weighted by molar-refractivity contribution is -0.113. The smallest absolute Gasteiger partial charge is 0.328 e. The minimum atomic E-state index is -0.854. The zero-order valence-corrected chi connectivity index (χ0v) is 12.1. The zero-order chi connectivity index (χ0) is 14.7. The van der Waals surface area contributed by atoms with E-state index in [9.17, 15) is 14.7 Å². The first kappa shape index (κ1) is 15.2. The summed E-state index contributed by atoms with van der Waals surface area (Å²) in [6.45, 7) is -0.0856. The van der Waals surface area contributed by atoms with Crippen LogP contribution in [0.25, 0.3) is 6.08 Å². The lowest BCUT2D eigenvalue weighted by Crippen LogP contribution is -2.44. The molecule has 20 heavy (non-hydrogen) atoms. The second-order valence-corrected chi connectivity index (χ2v) is 5.08. The minimum Gasteiger partial charge on any atom is -0.394 e. The molecule has 0 aromatic carbocycles. The van der Waals surface area contributed by atoms with Crippen LogP contribution < -0.4 is 11.2 Å². The summed E-state index contributed by atoms with van der Waals surface area (Å²) in [5, 5.41) is 18.8. The average molecular weight is 347 g/mol. The minimum absolute atomic E-state index is 0.186. The predicted molar refractivity (Wildman–Crippen MR) is 75.8 cm³/mol.